The summed E-state index contributed by atoms with van der Waals surface area (Å²) in [6.45, 7) is 1.71. The van der Waals surface area contributed by atoms with Gasteiger partial charge in [0.1, 0.15) is 11.5 Å². The lowest BCUT2D eigenvalue weighted by Crippen LogP contribution is -2.31. The molecule has 0 amide bonds. The third-order valence-corrected chi connectivity index (χ3v) is 3.75. The van der Waals surface area contributed by atoms with Crippen molar-refractivity contribution in [3.05, 3.63) is 29.8 Å². The topological polar surface area (TPSA) is 26.3 Å². The molecule has 0 atom stereocenters. The largest absolute Gasteiger partial charge is 0.496 e. The number of ketones is 1. The van der Waals surface area contributed by atoms with E-state index in [0.29, 0.717) is 0 Å². The minimum absolute atomic E-state index is 0.273. The van der Waals surface area contributed by atoms with Crippen molar-refractivity contribution in [2.75, 3.05) is 7.11 Å². The quantitative estimate of drug-likeness (QED) is 0.779. The maximum Gasteiger partial charge on any atom is 0.140 e. The smallest absolute Gasteiger partial charge is 0.140 e. The second-order valence-electron chi connectivity index (χ2n) is 4.55. The Morgan fingerprint density at radius 1 is 1.25 bits per heavy atom. The molecular weight excluding hydrogens is 200 g/mol. The molecule has 1 aliphatic carbocycles. The minimum atomic E-state index is -0.285. The molecule has 1 aromatic carbocycles. The molecule has 2 heteroatoms. The molecule has 0 bridgehead atoms. The molecule has 2 rings (SSSR count). The maximum atomic E-state index is 12.0. The number of Topliss-reactive ketones (excluding diaryl/α,β-unsaturated/α-hetero) is 1. The molecule has 0 aliphatic heterocycles. The average molecular weight is 218 g/mol. The van der Waals surface area contributed by atoms with Crippen LogP contribution >= 0.6 is 0 Å². The van der Waals surface area contributed by atoms with Gasteiger partial charge in [0.2, 0.25) is 0 Å². The van der Waals surface area contributed by atoms with Crippen LogP contribution in [0.25, 0.3) is 0 Å². The number of ether oxygens (including phenoxy) is 1. The number of methoxy groups -OCH3 is 1. The average Bonchev–Trinajstić information content (AvgIpc) is 2.79. The first-order valence-corrected chi connectivity index (χ1v) is 5.85. The zero-order valence-electron chi connectivity index (χ0n) is 9.95. The van der Waals surface area contributed by atoms with E-state index in [1.54, 1.807) is 14.0 Å². The van der Waals surface area contributed by atoms with Gasteiger partial charge in [-0.3, -0.25) is 4.79 Å². The van der Waals surface area contributed by atoms with Crippen LogP contribution in [-0.2, 0) is 10.2 Å². The van der Waals surface area contributed by atoms with E-state index >= 15 is 0 Å². The van der Waals surface area contributed by atoms with Gasteiger partial charge in [0.05, 0.1) is 12.5 Å². The molecule has 16 heavy (non-hydrogen) atoms. The van der Waals surface area contributed by atoms with Gasteiger partial charge in [-0.15, -0.1) is 0 Å². The highest BCUT2D eigenvalue weighted by Crippen LogP contribution is 2.45. The summed E-state index contributed by atoms with van der Waals surface area (Å²) in [4.78, 5) is 12.0. The lowest BCUT2D eigenvalue weighted by molar-refractivity contribution is -0.122. The molecule has 1 aromatic rings. The Bertz CT molecular complexity index is 389. The van der Waals surface area contributed by atoms with Crippen LogP contribution in [0.1, 0.15) is 38.2 Å². The van der Waals surface area contributed by atoms with Crippen molar-refractivity contribution in [1.29, 1.82) is 0 Å². The fourth-order valence-electron chi connectivity index (χ4n) is 2.83. The maximum absolute atomic E-state index is 12.0. The van der Waals surface area contributed by atoms with Crippen LogP contribution in [-0.4, -0.2) is 12.9 Å². The summed E-state index contributed by atoms with van der Waals surface area (Å²) >= 11 is 0. The molecule has 1 aliphatic rings. The third kappa shape index (κ3) is 1.62. The molecule has 86 valence electrons. The lowest BCUT2D eigenvalue weighted by Gasteiger charge is -2.28. The van der Waals surface area contributed by atoms with Crippen LogP contribution in [0.3, 0.4) is 0 Å². The van der Waals surface area contributed by atoms with E-state index in [4.69, 9.17) is 4.74 Å². The second-order valence-corrected chi connectivity index (χ2v) is 4.55. The third-order valence-electron chi connectivity index (χ3n) is 3.75. The Hall–Kier alpha value is -1.31. The number of hydrogen-bond donors (Lipinski definition) is 0. The number of benzene rings is 1. The Kier molecular flexibility index (Phi) is 2.99. The van der Waals surface area contributed by atoms with Gasteiger partial charge in [0.25, 0.3) is 0 Å². The number of rotatable bonds is 3. The minimum Gasteiger partial charge on any atom is -0.496 e. The Morgan fingerprint density at radius 3 is 2.44 bits per heavy atom. The summed E-state index contributed by atoms with van der Waals surface area (Å²) in [6, 6.07) is 7.91. The van der Waals surface area contributed by atoms with Gasteiger partial charge in [-0.1, -0.05) is 31.0 Å². The Balaban J connectivity index is 2.51. The summed E-state index contributed by atoms with van der Waals surface area (Å²) in [5, 5.41) is 0. The molecule has 1 saturated carbocycles. The van der Waals surface area contributed by atoms with Crippen molar-refractivity contribution in [2.45, 2.75) is 38.0 Å². The predicted octanol–water partition coefficient (Wildman–Crippen LogP) is 3.10. The first-order valence-electron chi connectivity index (χ1n) is 5.85. The lowest BCUT2D eigenvalue weighted by atomic mass is 9.75. The van der Waals surface area contributed by atoms with E-state index in [-0.39, 0.29) is 11.2 Å². The van der Waals surface area contributed by atoms with Crippen molar-refractivity contribution >= 4 is 5.78 Å². The molecule has 0 N–H and O–H groups in total. The number of para-hydroxylation sites is 1. The van der Waals surface area contributed by atoms with E-state index in [0.717, 1.165) is 37.0 Å². The monoisotopic (exact) mass is 218 g/mol. The van der Waals surface area contributed by atoms with Crippen molar-refractivity contribution in [1.82, 2.24) is 0 Å². The number of carbonyl (C=O) groups is 1. The molecule has 0 radical (unpaired) electrons. The zero-order valence-corrected chi connectivity index (χ0v) is 9.95. The van der Waals surface area contributed by atoms with Gasteiger partial charge >= 0.3 is 0 Å². The molecule has 0 aromatic heterocycles. The van der Waals surface area contributed by atoms with E-state index in [9.17, 15) is 4.79 Å². The van der Waals surface area contributed by atoms with Gasteiger partial charge in [0.15, 0.2) is 0 Å². The highest BCUT2D eigenvalue weighted by atomic mass is 16.5. The Morgan fingerprint density at radius 2 is 1.88 bits per heavy atom. The van der Waals surface area contributed by atoms with E-state index < -0.39 is 0 Å². The van der Waals surface area contributed by atoms with Crippen molar-refractivity contribution in [3.8, 4) is 5.75 Å². The normalized spacial score (nSPS) is 18.4. The highest BCUT2D eigenvalue weighted by Gasteiger charge is 2.41. The standard InChI is InChI=1S/C14H18O2/c1-11(15)14(9-5-6-10-14)12-7-3-4-8-13(12)16-2/h3-4,7-8H,5-6,9-10H2,1-2H3. The molecule has 1 fully saturated rings. The van der Waals surface area contributed by atoms with E-state index in [2.05, 4.69) is 0 Å². The van der Waals surface area contributed by atoms with Gasteiger partial charge in [0, 0.05) is 5.56 Å². The van der Waals surface area contributed by atoms with Gasteiger partial charge in [-0.25, -0.2) is 0 Å². The van der Waals surface area contributed by atoms with Crippen LogP contribution in [0.5, 0.6) is 5.75 Å². The predicted molar refractivity (Wildman–Crippen MR) is 63.8 cm³/mol. The van der Waals surface area contributed by atoms with Crippen LogP contribution in [0.2, 0.25) is 0 Å². The first-order chi connectivity index (χ1) is 7.70. The van der Waals surface area contributed by atoms with Crippen LogP contribution in [0.15, 0.2) is 24.3 Å². The van der Waals surface area contributed by atoms with Crippen molar-refractivity contribution in [2.24, 2.45) is 0 Å². The summed E-state index contributed by atoms with van der Waals surface area (Å²) in [6.07, 6.45) is 4.20. The molecular formula is C14H18O2. The fraction of sp³-hybridized carbons (Fsp3) is 0.500. The molecule has 0 heterocycles. The van der Waals surface area contributed by atoms with E-state index in [1.807, 2.05) is 24.3 Å². The van der Waals surface area contributed by atoms with Gasteiger partial charge in [-0.05, 0) is 25.8 Å². The van der Waals surface area contributed by atoms with Crippen LogP contribution in [0.4, 0.5) is 0 Å². The fourth-order valence-corrected chi connectivity index (χ4v) is 2.83. The second kappa shape index (κ2) is 4.28. The summed E-state index contributed by atoms with van der Waals surface area (Å²) in [5.74, 6) is 1.12. The van der Waals surface area contributed by atoms with Crippen molar-refractivity contribution in [3.63, 3.8) is 0 Å². The number of carbonyl (C=O) groups excluding carboxylic acids is 1. The summed E-state index contributed by atoms with van der Waals surface area (Å²) in [5.41, 5.74) is 0.787. The summed E-state index contributed by atoms with van der Waals surface area (Å²) < 4.78 is 5.38. The summed E-state index contributed by atoms with van der Waals surface area (Å²) in [7, 11) is 1.67. The van der Waals surface area contributed by atoms with Gasteiger partial charge in [-0.2, -0.15) is 0 Å². The molecule has 0 spiro atoms. The van der Waals surface area contributed by atoms with Crippen LogP contribution < -0.4 is 4.74 Å². The van der Waals surface area contributed by atoms with Crippen molar-refractivity contribution < 1.29 is 9.53 Å². The molecule has 0 unspecified atom stereocenters. The van der Waals surface area contributed by atoms with Gasteiger partial charge < -0.3 is 4.74 Å². The van der Waals surface area contributed by atoms with E-state index in [1.165, 1.54) is 0 Å². The first kappa shape index (κ1) is 11.2. The SMILES string of the molecule is COc1ccccc1C1(C(C)=O)CCCC1. The number of hydrogen-bond acceptors (Lipinski definition) is 2. The Labute approximate surface area is 96.6 Å². The van der Waals surface area contributed by atoms with Crippen LogP contribution in [0, 0.1) is 0 Å². The zero-order chi connectivity index (χ0) is 11.6. The highest BCUT2D eigenvalue weighted by molar-refractivity contribution is 5.89. The molecule has 2 nitrogen and oxygen atoms in total. The molecule has 0 saturated heterocycles.